The van der Waals surface area contributed by atoms with E-state index in [9.17, 15) is 9.90 Å². The Morgan fingerprint density at radius 2 is 1.91 bits per heavy atom. The summed E-state index contributed by atoms with van der Waals surface area (Å²) in [7, 11) is 0. The number of hydrazone groups is 1. The fraction of sp³-hybridized carbons (Fsp3) is 0. The van der Waals surface area contributed by atoms with Crippen molar-refractivity contribution in [3.8, 4) is 5.75 Å². The molecule has 6 heteroatoms. The van der Waals surface area contributed by atoms with E-state index in [0.717, 1.165) is 10.1 Å². The highest BCUT2D eigenvalue weighted by Gasteiger charge is 2.10. The van der Waals surface area contributed by atoms with Crippen molar-refractivity contribution in [1.29, 1.82) is 0 Å². The number of benzene rings is 2. The number of carbonyl (C=O) groups is 1. The Hall–Kier alpha value is -2.37. The van der Waals surface area contributed by atoms with E-state index in [1.165, 1.54) is 17.6 Å². The van der Waals surface area contributed by atoms with Gasteiger partial charge in [0.25, 0.3) is 5.91 Å². The van der Waals surface area contributed by atoms with Crippen LogP contribution >= 0.6 is 22.9 Å². The molecule has 0 aliphatic heterocycles. The average molecular weight is 331 g/mol. The second-order valence-corrected chi connectivity index (χ2v) is 5.98. The third-order valence-corrected chi connectivity index (χ3v) is 4.49. The van der Waals surface area contributed by atoms with Gasteiger partial charge in [0.05, 0.1) is 21.7 Å². The van der Waals surface area contributed by atoms with Crippen LogP contribution in [0.2, 0.25) is 5.02 Å². The predicted octanol–water partition coefficient (Wildman–Crippen LogP) is 4.02. The average Bonchev–Trinajstić information content (AvgIpc) is 2.84. The summed E-state index contributed by atoms with van der Waals surface area (Å²) in [6.07, 6.45) is 1.43. The minimum atomic E-state index is -0.401. The summed E-state index contributed by atoms with van der Waals surface area (Å²) in [5, 5.41) is 15.1. The van der Waals surface area contributed by atoms with Gasteiger partial charge in [-0.15, -0.1) is 11.3 Å². The smallest absolute Gasteiger partial charge is 0.272 e. The lowest BCUT2D eigenvalue weighted by Gasteiger charge is -2.01. The normalized spacial score (nSPS) is 11.1. The van der Waals surface area contributed by atoms with E-state index in [2.05, 4.69) is 10.5 Å². The zero-order valence-electron chi connectivity index (χ0n) is 11.3. The minimum absolute atomic E-state index is 0.163. The Bertz CT molecular complexity index is 873. The molecule has 1 amide bonds. The topological polar surface area (TPSA) is 61.7 Å². The summed E-state index contributed by atoms with van der Waals surface area (Å²) in [4.78, 5) is 12.5. The summed E-state index contributed by atoms with van der Waals surface area (Å²) in [6, 6.07) is 14.2. The molecule has 0 bridgehead atoms. The Morgan fingerprint density at radius 1 is 1.18 bits per heavy atom. The van der Waals surface area contributed by atoms with Crippen LogP contribution in [0, 0.1) is 0 Å². The van der Waals surface area contributed by atoms with Gasteiger partial charge in [0.2, 0.25) is 0 Å². The van der Waals surface area contributed by atoms with Crippen molar-refractivity contribution < 1.29 is 9.90 Å². The zero-order valence-corrected chi connectivity index (χ0v) is 12.9. The molecule has 0 saturated heterocycles. The molecule has 0 atom stereocenters. The third-order valence-electron chi connectivity index (χ3n) is 3.06. The van der Waals surface area contributed by atoms with E-state index in [0.29, 0.717) is 15.5 Å². The highest BCUT2D eigenvalue weighted by atomic mass is 35.5. The molecule has 0 aliphatic carbocycles. The van der Waals surface area contributed by atoms with Crippen molar-refractivity contribution in [2.24, 2.45) is 5.10 Å². The largest absolute Gasteiger partial charge is 0.506 e. The Labute approximate surface area is 135 Å². The number of aromatic hydroxyl groups is 1. The molecule has 0 unspecified atom stereocenters. The van der Waals surface area contributed by atoms with Gasteiger partial charge in [0, 0.05) is 10.1 Å². The number of fused-ring (bicyclic) bond motifs is 1. The first-order valence-electron chi connectivity index (χ1n) is 6.45. The van der Waals surface area contributed by atoms with E-state index in [4.69, 9.17) is 11.6 Å². The number of hydrogen-bond donors (Lipinski definition) is 2. The molecule has 3 aromatic rings. The van der Waals surface area contributed by atoms with Gasteiger partial charge in [0.15, 0.2) is 0 Å². The first-order valence-corrected chi connectivity index (χ1v) is 7.64. The Balaban J connectivity index is 1.78. The second-order valence-electron chi connectivity index (χ2n) is 4.49. The molecular weight excluding hydrogens is 320 g/mol. The van der Waals surface area contributed by atoms with Crippen LogP contribution in [0.15, 0.2) is 53.6 Å². The number of thiophene rings is 1. The molecule has 22 heavy (non-hydrogen) atoms. The molecular formula is C16H11ClN2O2S. The fourth-order valence-corrected chi connectivity index (χ4v) is 3.19. The third kappa shape index (κ3) is 2.81. The molecule has 1 heterocycles. The quantitative estimate of drug-likeness (QED) is 0.562. The van der Waals surface area contributed by atoms with Crippen molar-refractivity contribution >= 4 is 45.1 Å². The second kappa shape index (κ2) is 6.17. The molecule has 0 radical (unpaired) electrons. The minimum Gasteiger partial charge on any atom is -0.506 e. The van der Waals surface area contributed by atoms with Gasteiger partial charge in [-0.1, -0.05) is 35.9 Å². The predicted molar refractivity (Wildman–Crippen MR) is 90.0 cm³/mol. The van der Waals surface area contributed by atoms with Crippen LogP contribution in [0.25, 0.3) is 10.1 Å². The molecule has 110 valence electrons. The van der Waals surface area contributed by atoms with Crippen LogP contribution in [0.4, 0.5) is 0 Å². The summed E-state index contributed by atoms with van der Waals surface area (Å²) in [5.41, 5.74) is 2.75. The standard InChI is InChI=1S/C16H11ClN2O2S/c17-12-7-3-1-5-10(12)16(21)19-18-9-14-15(20)11-6-2-4-8-13(11)22-14/h1-9,20H,(H,19,21). The molecule has 1 aromatic heterocycles. The molecule has 0 saturated carbocycles. The highest BCUT2D eigenvalue weighted by Crippen LogP contribution is 2.35. The maximum absolute atomic E-state index is 11.9. The summed E-state index contributed by atoms with van der Waals surface area (Å²) < 4.78 is 0.957. The van der Waals surface area contributed by atoms with Gasteiger partial charge in [-0.3, -0.25) is 4.79 Å². The van der Waals surface area contributed by atoms with E-state index in [-0.39, 0.29) is 5.75 Å². The number of hydrogen-bond acceptors (Lipinski definition) is 4. The van der Waals surface area contributed by atoms with Crippen LogP contribution in [0.5, 0.6) is 5.75 Å². The molecule has 0 spiro atoms. The monoisotopic (exact) mass is 330 g/mol. The van der Waals surface area contributed by atoms with Crippen LogP contribution in [-0.4, -0.2) is 17.2 Å². The SMILES string of the molecule is O=C(NN=Cc1sc2ccccc2c1O)c1ccccc1Cl. The van der Waals surface area contributed by atoms with Crippen molar-refractivity contribution in [2.75, 3.05) is 0 Å². The maximum atomic E-state index is 11.9. The van der Waals surface area contributed by atoms with E-state index >= 15 is 0 Å². The van der Waals surface area contributed by atoms with Crippen molar-refractivity contribution in [2.45, 2.75) is 0 Å². The molecule has 0 aliphatic rings. The van der Waals surface area contributed by atoms with Gasteiger partial charge in [0.1, 0.15) is 5.75 Å². The molecule has 2 aromatic carbocycles. The van der Waals surface area contributed by atoms with E-state index in [1.807, 2.05) is 24.3 Å². The van der Waals surface area contributed by atoms with Gasteiger partial charge < -0.3 is 5.11 Å². The van der Waals surface area contributed by atoms with Crippen molar-refractivity contribution in [3.05, 3.63) is 64.0 Å². The number of rotatable bonds is 3. The van der Waals surface area contributed by atoms with Gasteiger partial charge in [-0.05, 0) is 24.3 Å². The van der Waals surface area contributed by atoms with Gasteiger partial charge >= 0.3 is 0 Å². The maximum Gasteiger partial charge on any atom is 0.272 e. The molecule has 2 N–H and O–H groups in total. The lowest BCUT2D eigenvalue weighted by atomic mass is 10.2. The lowest BCUT2D eigenvalue weighted by molar-refractivity contribution is 0.0955. The fourth-order valence-electron chi connectivity index (χ4n) is 1.99. The summed E-state index contributed by atoms with van der Waals surface area (Å²) in [5.74, 6) is -0.237. The first kappa shape index (κ1) is 14.6. The van der Waals surface area contributed by atoms with Crippen LogP contribution in [0.1, 0.15) is 15.2 Å². The van der Waals surface area contributed by atoms with Crippen LogP contribution < -0.4 is 5.43 Å². The highest BCUT2D eigenvalue weighted by molar-refractivity contribution is 7.21. The number of carbonyl (C=O) groups excluding carboxylic acids is 1. The number of nitrogens with one attached hydrogen (secondary N) is 1. The van der Waals surface area contributed by atoms with Gasteiger partial charge in [-0.25, -0.2) is 5.43 Å². The van der Waals surface area contributed by atoms with E-state index < -0.39 is 5.91 Å². The number of nitrogens with zero attached hydrogens (tertiary/aromatic N) is 1. The Kier molecular flexibility index (Phi) is 4.09. The van der Waals surface area contributed by atoms with E-state index in [1.54, 1.807) is 24.3 Å². The van der Waals surface area contributed by atoms with Crippen molar-refractivity contribution in [3.63, 3.8) is 0 Å². The number of amides is 1. The summed E-state index contributed by atoms with van der Waals surface area (Å²) >= 11 is 7.34. The summed E-state index contributed by atoms with van der Waals surface area (Å²) in [6.45, 7) is 0. The van der Waals surface area contributed by atoms with Crippen LogP contribution in [0.3, 0.4) is 0 Å². The van der Waals surface area contributed by atoms with Crippen molar-refractivity contribution in [1.82, 2.24) is 5.43 Å². The molecule has 0 fully saturated rings. The zero-order chi connectivity index (χ0) is 15.5. The lowest BCUT2D eigenvalue weighted by Crippen LogP contribution is -2.17. The van der Waals surface area contributed by atoms with Gasteiger partial charge in [-0.2, -0.15) is 5.10 Å². The first-order chi connectivity index (χ1) is 10.7. The Morgan fingerprint density at radius 3 is 2.68 bits per heavy atom. The molecule has 3 rings (SSSR count). The molecule has 4 nitrogen and oxygen atoms in total. The van der Waals surface area contributed by atoms with Crippen LogP contribution in [-0.2, 0) is 0 Å². The number of halogens is 1.